The van der Waals surface area contributed by atoms with Gasteiger partial charge in [0.25, 0.3) is 5.91 Å². The van der Waals surface area contributed by atoms with E-state index in [1.165, 1.54) is 36.4 Å². The Balaban J connectivity index is 1.71. The Bertz CT molecular complexity index is 935. The van der Waals surface area contributed by atoms with E-state index in [0.717, 1.165) is 6.07 Å². The molecule has 2 unspecified atom stereocenters. The lowest BCUT2D eigenvalue weighted by molar-refractivity contribution is 0.100. The summed E-state index contributed by atoms with van der Waals surface area (Å²) < 4.78 is 45.7. The van der Waals surface area contributed by atoms with E-state index < -0.39 is 29.5 Å². The topological polar surface area (TPSA) is 86.8 Å². The number of amides is 1. The number of ether oxygens (including phenoxy) is 1. The minimum absolute atomic E-state index is 0.162. The fourth-order valence-electron chi connectivity index (χ4n) is 3.25. The molecule has 0 saturated carbocycles. The predicted molar refractivity (Wildman–Crippen MR) is 114 cm³/mol. The first-order chi connectivity index (χ1) is 15.3. The van der Waals surface area contributed by atoms with Gasteiger partial charge in [-0.05, 0) is 55.8 Å². The van der Waals surface area contributed by atoms with Crippen LogP contribution in [0.1, 0.15) is 42.2 Å². The number of hydrogen-bond acceptors (Lipinski definition) is 4. The summed E-state index contributed by atoms with van der Waals surface area (Å²) in [5, 5.41) is 6.19. The quantitative estimate of drug-likeness (QED) is 0.384. The summed E-state index contributed by atoms with van der Waals surface area (Å²) in [7, 11) is 0. The molecule has 1 saturated heterocycles. The van der Waals surface area contributed by atoms with Crippen LogP contribution < -0.4 is 21.5 Å². The molecule has 10 heteroatoms. The van der Waals surface area contributed by atoms with E-state index in [0.29, 0.717) is 25.2 Å². The minimum Gasteiger partial charge on any atom is -0.380 e. The number of rotatable bonds is 7. The highest BCUT2D eigenvalue weighted by Gasteiger charge is 2.27. The van der Waals surface area contributed by atoms with Gasteiger partial charge < -0.3 is 15.4 Å². The Kier molecular flexibility index (Phi) is 8.20. The second kappa shape index (κ2) is 11.1. The zero-order chi connectivity index (χ0) is 23.1. The first kappa shape index (κ1) is 23.7. The molecule has 3 atom stereocenters. The van der Waals surface area contributed by atoms with Gasteiger partial charge in [-0.3, -0.25) is 4.79 Å². The molecular weight excluding hydrogens is 423 g/mol. The molecule has 172 valence electrons. The van der Waals surface area contributed by atoms with E-state index in [9.17, 15) is 18.0 Å². The third-order valence-corrected chi connectivity index (χ3v) is 4.76. The third-order valence-electron chi connectivity index (χ3n) is 4.76. The Morgan fingerprint density at radius 3 is 2.47 bits per heavy atom. The highest BCUT2D eigenvalue weighted by atomic mass is 19.1. The normalized spacial score (nSPS) is 19.6. The van der Waals surface area contributed by atoms with Crippen LogP contribution in [0.25, 0.3) is 0 Å². The van der Waals surface area contributed by atoms with Gasteiger partial charge in [0.15, 0.2) is 0 Å². The molecule has 0 aliphatic carbocycles. The summed E-state index contributed by atoms with van der Waals surface area (Å²) in [5.41, 5.74) is 6.66. The molecule has 0 spiro atoms. The number of carbonyl (C=O) groups is 1. The highest BCUT2D eigenvalue weighted by Crippen LogP contribution is 2.23. The summed E-state index contributed by atoms with van der Waals surface area (Å²) in [6, 6.07) is 7.91. The summed E-state index contributed by atoms with van der Waals surface area (Å²) in [4.78, 5) is 16.7. The van der Waals surface area contributed by atoms with E-state index in [4.69, 9.17) is 4.74 Å². The molecule has 0 aromatic heterocycles. The lowest BCUT2D eigenvalue weighted by Gasteiger charge is -2.21. The number of nitrogens with one attached hydrogen (secondary N) is 4. The molecule has 1 fully saturated rings. The first-order valence-electron chi connectivity index (χ1n) is 10.3. The number of carbonyl (C=O) groups excluding carboxylic acids is 1. The highest BCUT2D eigenvalue weighted by molar-refractivity contribution is 6.02. The number of aliphatic imine (C=N–C) groups is 1. The monoisotopic (exact) mass is 449 g/mol. The molecule has 1 amide bonds. The van der Waals surface area contributed by atoms with Crippen LogP contribution in [0.5, 0.6) is 0 Å². The molecule has 4 N–H and O–H groups in total. The van der Waals surface area contributed by atoms with Gasteiger partial charge in [0.2, 0.25) is 5.96 Å². The lowest BCUT2D eigenvalue weighted by Crippen LogP contribution is -2.52. The van der Waals surface area contributed by atoms with Crippen molar-refractivity contribution in [3.8, 4) is 0 Å². The van der Waals surface area contributed by atoms with E-state index in [-0.39, 0.29) is 23.6 Å². The lowest BCUT2D eigenvalue weighted by atomic mass is 10.0. The molecular formula is C22H26F3N5O2. The van der Waals surface area contributed by atoms with Gasteiger partial charge in [-0.1, -0.05) is 0 Å². The van der Waals surface area contributed by atoms with Gasteiger partial charge >= 0.3 is 0 Å². The summed E-state index contributed by atoms with van der Waals surface area (Å²) in [6.45, 7) is 4.68. The van der Waals surface area contributed by atoms with Crippen LogP contribution in [0.15, 0.2) is 47.5 Å². The van der Waals surface area contributed by atoms with Gasteiger partial charge in [-0.15, -0.1) is 0 Å². The molecule has 1 aliphatic rings. The van der Waals surface area contributed by atoms with Crippen LogP contribution in [0.3, 0.4) is 0 Å². The SMILES string of the molecule is CCOC[C@H](C)N/C(=N/C(=O)c1ccc(F)cc1)NC1CC(c2cc(F)cc(F)c2)NN1. The van der Waals surface area contributed by atoms with Gasteiger partial charge in [0.05, 0.1) is 12.8 Å². The fraction of sp³-hybridized carbons (Fsp3) is 0.364. The van der Waals surface area contributed by atoms with Crippen molar-refractivity contribution in [3.63, 3.8) is 0 Å². The van der Waals surface area contributed by atoms with Crippen molar-refractivity contribution in [1.29, 1.82) is 0 Å². The maximum Gasteiger partial charge on any atom is 0.280 e. The standard InChI is InChI=1S/C22H26F3N5O2/c1-3-32-12-13(2)26-22(28-21(31)14-4-6-16(23)7-5-14)27-20-11-19(29-30-20)15-8-17(24)10-18(25)9-15/h4-10,13,19-20,29-30H,3,11-12H2,1-2H3,(H2,26,27,28,31)/t13-,19?,20?/m0/s1. The van der Waals surface area contributed by atoms with Crippen molar-refractivity contribution in [2.24, 2.45) is 4.99 Å². The van der Waals surface area contributed by atoms with Gasteiger partial charge in [-0.25, -0.2) is 24.0 Å². The molecule has 3 rings (SSSR count). The molecule has 32 heavy (non-hydrogen) atoms. The minimum atomic E-state index is -0.656. The fourth-order valence-corrected chi connectivity index (χ4v) is 3.25. The van der Waals surface area contributed by atoms with Gasteiger partial charge in [-0.2, -0.15) is 4.99 Å². The maximum absolute atomic E-state index is 13.6. The zero-order valence-electron chi connectivity index (χ0n) is 17.8. The van der Waals surface area contributed by atoms with E-state index in [1.54, 1.807) is 0 Å². The summed E-state index contributed by atoms with van der Waals surface area (Å²) >= 11 is 0. The van der Waals surface area contributed by atoms with Gasteiger partial charge in [0, 0.05) is 36.7 Å². The Hall–Kier alpha value is -2.95. The smallest absolute Gasteiger partial charge is 0.280 e. The van der Waals surface area contributed by atoms with Crippen molar-refractivity contribution >= 4 is 11.9 Å². The largest absolute Gasteiger partial charge is 0.380 e. The summed E-state index contributed by atoms with van der Waals surface area (Å²) in [5.74, 6) is -2.13. The van der Waals surface area contributed by atoms with Crippen molar-refractivity contribution in [2.75, 3.05) is 13.2 Å². The van der Waals surface area contributed by atoms with E-state index in [1.807, 2.05) is 13.8 Å². The Labute approximate surface area is 184 Å². The van der Waals surface area contributed by atoms with Crippen LogP contribution >= 0.6 is 0 Å². The molecule has 1 aliphatic heterocycles. The van der Waals surface area contributed by atoms with Crippen molar-refractivity contribution in [2.45, 2.75) is 38.5 Å². The van der Waals surface area contributed by atoms with Crippen molar-refractivity contribution in [3.05, 3.63) is 71.0 Å². The molecule has 1 heterocycles. The predicted octanol–water partition coefficient (Wildman–Crippen LogP) is 2.77. The van der Waals surface area contributed by atoms with Crippen LogP contribution in [-0.2, 0) is 4.74 Å². The molecule has 2 aromatic rings. The van der Waals surface area contributed by atoms with E-state index >= 15 is 0 Å². The third kappa shape index (κ3) is 6.78. The number of hydrogen-bond donors (Lipinski definition) is 4. The Morgan fingerprint density at radius 2 is 1.81 bits per heavy atom. The molecule has 2 aromatic carbocycles. The number of hydrazine groups is 1. The van der Waals surface area contributed by atoms with Crippen molar-refractivity contribution < 1.29 is 22.7 Å². The Morgan fingerprint density at radius 1 is 1.12 bits per heavy atom. The number of halogens is 3. The molecule has 0 bridgehead atoms. The average Bonchev–Trinajstić information content (AvgIpc) is 3.20. The maximum atomic E-state index is 13.6. The molecule has 0 radical (unpaired) electrons. The summed E-state index contributed by atoms with van der Waals surface area (Å²) in [6.07, 6.45) is 0.0339. The van der Waals surface area contributed by atoms with Gasteiger partial charge in [0.1, 0.15) is 17.5 Å². The number of guanidine groups is 1. The van der Waals surface area contributed by atoms with Crippen LogP contribution in [0.2, 0.25) is 0 Å². The van der Waals surface area contributed by atoms with E-state index in [2.05, 4.69) is 26.5 Å². The van der Waals surface area contributed by atoms with Crippen molar-refractivity contribution in [1.82, 2.24) is 21.5 Å². The van der Waals surface area contributed by atoms with Crippen LogP contribution in [0.4, 0.5) is 13.2 Å². The first-order valence-corrected chi connectivity index (χ1v) is 10.3. The second-order valence-electron chi connectivity index (χ2n) is 7.45. The van der Waals surface area contributed by atoms with Crippen LogP contribution in [-0.4, -0.2) is 37.3 Å². The zero-order valence-corrected chi connectivity index (χ0v) is 17.8. The van der Waals surface area contributed by atoms with Crippen LogP contribution in [0, 0.1) is 17.5 Å². The molecule has 7 nitrogen and oxygen atoms in total. The second-order valence-corrected chi connectivity index (χ2v) is 7.45. The average molecular weight is 449 g/mol. The number of nitrogens with zero attached hydrogens (tertiary/aromatic N) is 1. The number of benzene rings is 2.